The molecule has 0 aliphatic carbocycles. The van der Waals surface area contributed by atoms with Gasteiger partial charge in [-0.05, 0) is 27.2 Å². The van der Waals surface area contributed by atoms with E-state index in [4.69, 9.17) is 4.74 Å². The van der Waals surface area contributed by atoms with Crippen molar-refractivity contribution in [3.05, 3.63) is 11.6 Å². The monoisotopic (exact) mass is 154 g/mol. The van der Waals surface area contributed by atoms with E-state index in [1.54, 1.807) is 0 Å². The van der Waals surface area contributed by atoms with Crippen LogP contribution in [0.25, 0.3) is 0 Å². The zero-order valence-electron chi connectivity index (χ0n) is 7.26. The maximum Gasteiger partial charge on any atom is 0.154 e. The summed E-state index contributed by atoms with van der Waals surface area (Å²) in [5.41, 5.74) is 0.792. The molecule has 0 aromatic heterocycles. The van der Waals surface area contributed by atoms with Gasteiger partial charge in [0.25, 0.3) is 0 Å². The summed E-state index contributed by atoms with van der Waals surface area (Å²) in [5, 5.41) is 0. The molecule has 1 fully saturated rings. The minimum atomic E-state index is -0.480. The first kappa shape index (κ1) is 8.47. The van der Waals surface area contributed by atoms with Gasteiger partial charge in [-0.2, -0.15) is 0 Å². The number of rotatable bonds is 3. The molecule has 0 radical (unpaired) electrons. The van der Waals surface area contributed by atoms with E-state index in [1.807, 2.05) is 20.8 Å². The van der Waals surface area contributed by atoms with Gasteiger partial charge in [-0.3, -0.25) is 0 Å². The maximum atomic E-state index is 10.4. The number of ether oxygens (including phenoxy) is 1. The number of hydrogen-bond donors (Lipinski definition) is 0. The summed E-state index contributed by atoms with van der Waals surface area (Å²) in [4.78, 5) is 10.4. The smallest absolute Gasteiger partial charge is 0.154 e. The fraction of sp³-hybridized carbons (Fsp3) is 0.667. The Morgan fingerprint density at radius 3 is 2.64 bits per heavy atom. The molecule has 0 unspecified atom stereocenters. The molecule has 2 nitrogen and oxygen atoms in total. The van der Waals surface area contributed by atoms with Crippen molar-refractivity contribution < 1.29 is 9.53 Å². The van der Waals surface area contributed by atoms with Crippen LogP contribution in [-0.2, 0) is 9.53 Å². The summed E-state index contributed by atoms with van der Waals surface area (Å²) >= 11 is 0. The molecule has 1 rings (SSSR count). The predicted molar refractivity (Wildman–Crippen MR) is 43.4 cm³/mol. The summed E-state index contributed by atoms with van der Waals surface area (Å²) in [6.45, 7) is 5.91. The zero-order chi connectivity index (χ0) is 8.48. The second-order valence-corrected chi connectivity index (χ2v) is 3.43. The molecular formula is C9H14O2. The van der Waals surface area contributed by atoms with Crippen LogP contribution < -0.4 is 0 Å². The lowest BCUT2D eigenvalue weighted by atomic mass is 10.1. The third kappa shape index (κ3) is 1.90. The van der Waals surface area contributed by atoms with Crippen LogP contribution in [-0.4, -0.2) is 18.0 Å². The summed E-state index contributed by atoms with van der Waals surface area (Å²) in [5.74, 6) is 0. The second-order valence-electron chi connectivity index (χ2n) is 3.43. The van der Waals surface area contributed by atoms with Crippen molar-refractivity contribution in [2.24, 2.45) is 0 Å². The van der Waals surface area contributed by atoms with Crippen molar-refractivity contribution in [3.8, 4) is 0 Å². The highest BCUT2D eigenvalue weighted by molar-refractivity contribution is 5.67. The first-order valence-corrected chi connectivity index (χ1v) is 3.86. The van der Waals surface area contributed by atoms with Crippen molar-refractivity contribution in [2.45, 2.75) is 38.9 Å². The first-order valence-electron chi connectivity index (χ1n) is 3.86. The molecule has 0 amide bonds. The normalized spacial score (nSPS) is 34.6. The Hall–Kier alpha value is -0.630. The summed E-state index contributed by atoms with van der Waals surface area (Å²) in [7, 11) is 0. The third-order valence-electron chi connectivity index (χ3n) is 1.95. The minimum Gasteiger partial charge on any atom is -0.358 e. The molecule has 0 saturated carbocycles. The van der Waals surface area contributed by atoms with E-state index < -0.39 is 5.60 Å². The van der Waals surface area contributed by atoms with E-state index in [0.717, 1.165) is 12.7 Å². The molecule has 0 N–H and O–H groups in total. The van der Waals surface area contributed by atoms with Crippen LogP contribution in [0, 0.1) is 0 Å². The molecule has 1 saturated heterocycles. The molecule has 1 aliphatic heterocycles. The van der Waals surface area contributed by atoms with E-state index in [0.29, 0.717) is 0 Å². The van der Waals surface area contributed by atoms with Crippen molar-refractivity contribution in [1.29, 1.82) is 0 Å². The summed E-state index contributed by atoms with van der Waals surface area (Å²) in [6, 6.07) is 0. The number of epoxide rings is 1. The Bertz CT molecular complexity index is 192. The van der Waals surface area contributed by atoms with Gasteiger partial charge in [0.05, 0.1) is 6.10 Å². The van der Waals surface area contributed by atoms with Crippen molar-refractivity contribution >= 4 is 6.29 Å². The van der Waals surface area contributed by atoms with Crippen molar-refractivity contribution in [3.63, 3.8) is 0 Å². The standard InChI is InChI=1S/C9H14O2/c1-7(2)4-5-8-9(3,6-10)11-8/h4,6,8H,5H2,1-3H3/t8-,9-/m1/s1. The average Bonchev–Trinajstić information content (AvgIpc) is 2.59. The van der Waals surface area contributed by atoms with Crippen LogP contribution in [0.5, 0.6) is 0 Å². The van der Waals surface area contributed by atoms with Gasteiger partial charge in [0, 0.05) is 0 Å². The van der Waals surface area contributed by atoms with E-state index in [2.05, 4.69) is 6.08 Å². The molecule has 2 atom stereocenters. The van der Waals surface area contributed by atoms with Crippen LogP contribution >= 0.6 is 0 Å². The molecule has 1 heterocycles. The van der Waals surface area contributed by atoms with Crippen LogP contribution in [0.4, 0.5) is 0 Å². The lowest BCUT2D eigenvalue weighted by Gasteiger charge is -1.91. The topological polar surface area (TPSA) is 29.6 Å². The van der Waals surface area contributed by atoms with Crippen LogP contribution in [0.2, 0.25) is 0 Å². The van der Waals surface area contributed by atoms with E-state index >= 15 is 0 Å². The summed E-state index contributed by atoms with van der Waals surface area (Å²) in [6.07, 6.45) is 3.96. The molecule has 0 bridgehead atoms. The van der Waals surface area contributed by atoms with E-state index in [1.165, 1.54) is 5.57 Å². The lowest BCUT2D eigenvalue weighted by Crippen LogP contribution is -2.10. The fourth-order valence-electron chi connectivity index (χ4n) is 1.00. The number of carbonyl (C=O) groups is 1. The fourth-order valence-corrected chi connectivity index (χ4v) is 1.00. The molecule has 0 aromatic carbocycles. The molecular weight excluding hydrogens is 140 g/mol. The number of hydrogen-bond acceptors (Lipinski definition) is 2. The highest BCUT2D eigenvalue weighted by atomic mass is 16.6. The Balaban J connectivity index is 2.34. The summed E-state index contributed by atoms with van der Waals surface area (Å²) < 4.78 is 5.19. The molecule has 2 heteroatoms. The van der Waals surface area contributed by atoms with Gasteiger partial charge < -0.3 is 9.53 Å². The quantitative estimate of drug-likeness (QED) is 0.352. The Morgan fingerprint density at radius 1 is 1.64 bits per heavy atom. The Labute approximate surface area is 67.2 Å². The van der Waals surface area contributed by atoms with Crippen molar-refractivity contribution in [1.82, 2.24) is 0 Å². The number of allylic oxidation sites excluding steroid dienone is 1. The molecule has 62 valence electrons. The van der Waals surface area contributed by atoms with Gasteiger partial charge >= 0.3 is 0 Å². The van der Waals surface area contributed by atoms with Crippen LogP contribution in [0.3, 0.4) is 0 Å². The van der Waals surface area contributed by atoms with Crippen molar-refractivity contribution in [2.75, 3.05) is 0 Å². The Morgan fingerprint density at radius 2 is 2.27 bits per heavy atom. The van der Waals surface area contributed by atoms with Gasteiger partial charge in [0.1, 0.15) is 5.60 Å². The highest BCUT2D eigenvalue weighted by Crippen LogP contribution is 2.36. The van der Waals surface area contributed by atoms with Gasteiger partial charge in [-0.1, -0.05) is 11.6 Å². The van der Waals surface area contributed by atoms with E-state index in [-0.39, 0.29) is 6.10 Å². The van der Waals surface area contributed by atoms with Gasteiger partial charge in [0.15, 0.2) is 6.29 Å². The average molecular weight is 154 g/mol. The zero-order valence-corrected chi connectivity index (χ0v) is 7.26. The van der Waals surface area contributed by atoms with Crippen LogP contribution in [0.1, 0.15) is 27.2 Å². The maximum absolute atomic E-state index is 10.4. The number of aldehydes is 1. The minimum absolute atomic E-state index is 0.120. The van der Waals surface area contributed by atoms with E-state index in [9.17, 15) is 4.79 Å². The van der Waals surface area contributed by atoms with Gasteiger partial charge in [-0.15, -0.1) is 0 Å². The highest BCUT2D eigenvalue weighted by Gasteiger charge is 2.51. The molecule has 0 aromatic rings. The Kier molecular flexibility index (Phi) is 2.14. The largest absolute Gasteiger partial charge is 0.358 e. The SMILES string of the molecule is CC(C)=CC[C@H]1O[C@]1(C)C=O. The second kappa shape index (κ2) is 2.78. The predicted octanol–water partition coefficient (Wildman–Crippen LogP) is 1.70. The van der Waals surface area contributed by atoms with Crippen LogP contribution in [0.15, 0.2) is 11.6 Å². The lowest BCUT2D eigenvalue weighted by molar-refractivity contribution is -0.111. The van der Waals surface area contributed by atoms with Gasteiger partial charge in [-0.25, -0.2) is 0 Å². The third-order valence-corrected chi connectivity index (χ3v) is 1.95. The molecule has 11 heavy (non-hydrogen) atoms. The number of carbonyl (C=O) groups excluding carboxylic acids is 1. The molecule has 0 spiro atoms. The molecule has 1 aliphatic rings. The van der Waals surface area contributed by atoms with Gasteiger partial charge in [0.2, 0.25) is 0 Å². The first-order chi connectivity index (χ1) is 5.08.